The number of carbonyl (C=O) groups is 1. The highest BCUT2D eigenvalue weighted by Gasteiger charge is 2.27. The minimum atomic E-state index is 0.262. The molecule has 1 unspecified atom stereocenters. The van der Waals surface area contributed by atoms with Crippen molar-refractivity contribution >= 4 is 5.91 Å². The summed E-state index contributed by atoms with van der Waals surface area (Å²) < 4.78 is 2.42. The zero-order valence-electron chi connectivity index (χ0n) is 15.7. The van der Waals surface area contributed by atoms with Gasteiger partial charge in [-0.05, 0) is 50.0 Å². The Hall–Kier alpha value is -2.10. The molecule has 1 aliphatic carbocycles. The standard InChI is InChI=1S/C22H29N3O/c1-17-14-23-21(25(17)16-19-9-10-19)12-20-8-5-11-24(15-20)22(26)13-18-6-3-2-4-7-18/h2-4,6-7,14,19-20H,5,8-13,15-16H2,1H3. The lowest BCUT2D eigenvalue weighted by atomic mass is 9.94. The first-order valence-electron chi connectivity index (χ1n) is 10.0. The predicted octanol–water partition coefficient (Wildman–Crippen LogP) is 3.63. The highest BCUT2D eigenvalue weighted by Crippen LogP contribution is 2.32. The van der Waals surface area contributed by atoms with E-state index in [0.717, 1.165) is 44.0 Å². The van der Waals surface area contributed by atoms with Crippen LogP contribution in [0.5, 0.6) is 0 Å². The number of nitrogens with zero attached hydrogens (tertiary/aromatic N) is 3. The third-order valence-electron chi connectivity index (χ3n) is 5.82. The highest BCUT2D eigenvalue weighted by molar-refractivity contribution is 5.78. The molecule has 2 heterocycles. The molecule has 0 spiro atoms. The van der Waals surface area contributed by atoms with Crippen molar-refractivity contribution in [1.82, 2.24) is 14.5 Å². The van der Waals surface area contributed by atoms with Gasteiger partial charge >= 0.3 is 0 Å². The van der Waals surface area contributed by atoms with E-state index in [-0.39, 0.29) is 5.91 Å². The highest BCUT2D eigenvalue weighted by atomic mass is 16.2. The van der Waals surface area contributed by atoms with Gasteiger partial charge in [-0.15, -0.1) is 0 Å². The molecule has 1 aromatic heterocycles. The van der Waals surface area contributed by atoms with Crippen molar-refractivity contribution in [3.63, 3.8) is 0 Å². The van der Waals surface area contributed by atoms with Crippen LogP contribution in [0.2, 0.25) is 0 Å². The topological polar surface area (TPSA) is 38.1 Å². The van der Waals surface area contributed by atoms with Crippen LogP contribution >= 0.6 is 0 Å². The van der Waals surface area contributed by atoms with E-state index in [4.69, 9.17) is 0 Å². The third kappa shape index (κ3) is 4.17. The zero-order valence-corrected chi connectivity index (χ0v) is 15.7. The van der Waals surface area contributed by atoms with Gasteiger partial charge < -0.3 is 9.47 Å². The summed E-state index contributed by atoms with van der Waals surface area (Å²) in [5.74, 6) is 2.87. The summed E-state index contributed by atoms with van der Waals surface area (Å²) in [6.07, 6.45) is 8.56. The minimum Gasteiger partial charge on any atom is -0.342 e. The Kier molecular flexibility index (Phi) is 5.09. The molecule has 1 aliphatic heterocycles. The molecule has 1 atom stereocenters. The molecule has 1 saturated heterocycles. The molecule has 0 radical (unpaired) electrons. The van der Waals surface area contributed by atoms with Crippen LogP contribution in [0.25, 0.3) is 0 Å². The van der Waals surface area contributed by atoms with Crippen molar-refractivity contribution in [3.05, 3.63) is 53.6 Å². The molecule has 26 heavy (non-hydrogen) atoms. The van der Waals surface area contributed by atoms with Gasteiger partial charge in [-0.25, -0.2) is 4.98 Å². The quantitative estimate of drug-likeness (QED) is 0.797. The van der Waals surface area contributed by atoms with E-state index in [1.54, 1.807) is 0 Å². The number of piperidine rings is 1. The molecule has 2 aliphatic rings. The molecule has 0 N–H and O–H groups in total. The Labute approximate surface area is 156 Å². The van der Waals surface area contributed by atoms with Crippen molar-refractivity contribution in [1.29, 1.82) is 0 Å². The fraction of sp³-hybridized carbons (Fsp3) is 0.545. The van der Waals surface area contributed by atoms with Gasteiger partial charge in [0, 0.05) is 37.9 Å². The molecule has 1 saturated carbocycles. The largest absolute Gasteiger partial charge is 0.342 e. The normalized spacial score (nSPS) is 20.3. The number of hydrogen-bond donors (Lipinski definition) is 0. The molecule has 138 valence electrons. The molecular weight excluding hydrogens is 322 g/mol. The van der Waals surface area contributed by atoms with Crippen molar-refractivity contribution in [2.75, 3.05) is 13.1 Å². The molecule has 2 fully saturated rings. The van der Waals surface area contributed by atoms with E-state index >= 15 is 0 Å². The number of hydrogen-bond acceptors (Lipinski definition) is 2. The van der Waals surface area contributed by atoms with Crippen LogP contribution in [0, 0.1) is 18.8 Å². The van der Waals surface area contributed by atoms with Crippen LogP contribution in [0.3, 0.4) is 0 Å². The summed E-state index contributed by atoms with van der Waals surface area (Å²) >= 11 is 0. The molecule has 1 amide bonds. The molecule has 4 heteroatoms. The average Bonchev–Trinajstić information content (AvgIpc) is 3.42. The Morgan fingerprint density at radius 1 is 1.15 bits per heavy atom. The lowest BCUT2D eigenvalue weighted by Gasteiger charge is -2.33. The number of rotatable bonds is 6. The van der Waals surface area contributed by atoms with E-state index in [1.165, 1.54) is 30.8 Å². The van der Waals surface area contributed by atoms with Crippen LogP contribution in [-0.4, -0.2) is 33.4 Å². The van der Waals surface area contributed by atoms with E-state index in [1.807, 2.05) is 36.5 Å². The average molecular weight is 351 g/mol. The maximum Gasteiger partial charge on any atom is 0.226 e. The SMILES string of the molecule is Cc1cnc(CC2CCCN(C(=O)Cc3ccccc3)C2)n1CC1CC1. The molecule has 4 rings (SSSR count). The first kappa shape index (κ1) is 17.3. The van der Waals surface area contributed by atoms with E-state index in [9.17, 15) is 4.79 Å². The lowest BCUT2D eigenvalue weighted by molar-refractivity contribution is -0.132. The minimum absolute atomic E-state index is 0.262. The van der Waals surface area contributed by atoms with Gasteiger partial charge in [-0.2, -0.15) is 0 Å². The lowest BCUT2D eigenvalue weighted by Crippen LogP contribution is -2.41. The van der Waals surface area contributed by atoms with E-state index in [0.29, 0.717) is 12.3 Å². The maximum absolute atomic E-state index is 12.7. The summed E-state index contributed by atoms with van der Waals surface area (Å²) in [4.78, 5) is 19.5. The smallest absolute Gasteiger partial charge is 0.226 e. The number of aromatic nitrogens is 2. The number of imidazole rings is 1. The maximum atomic E-state index is 12.7. The van der Waals surface area contributed by atoms with Crippen molar-refractivity contribution in [2.45, 2.75) is 52.0 Å². The number of benzene rings is 1. The number of amides is 1. The second kappa shape index (κ2) is 7.65. The van der Waals surface area contributed by atoms with Gasteiger partial charge in [-0.3, -0.25) is 4.79 Å². The van der Waals surface area contributed by atoms with Gasteiger partial charge in [0.1, 0.15) is 5.82 Å². The number of likely N-dealkylation sites (tertiary alicyclic amines) is 1. The Bertz CT molecular complexity index is 748. The van der Waals surface area contributed by atoms with Crippen molar-refractivity contribution in [2.24, 2.45) is 11.8 Å². The monoisotopic (exact) mass is 351 g/mol. The van der Waals surface area contributed by atoms with Crippen LogP contribution in [0.4, 0.5) is 0 Å². The summed E-state index contributed by atoms with van der Waals surface area (Å²) in [6.45, 7) is 5.07. The van der Waals surface area contributed by atoms with Gasteiger partial charge in [0.2, 0.25) is 5.91 Å². The second-order valence-electron chi connectivity index (χ2n) is 8.08. The van der Waals surface area contributed by atoms with Crippen LogP contribution in [0.1, 0.15) is 42.8 Å². The molecule has 0 bridgehead atoms. The van der Waals surface area contributed by atoms with Gasteiger partial charge in [0.05, 0.1) is 6.42 Å². The van der Waals surface area contributed by atoms with Crippen molar-refractivity contribution < 1.29 is 4.79 Å². The Morgan fingerprint density at radius 2 is 1.96 bits per heavy atom. The molecular formula is C22H29N3O. The fourth-order valence-electron chi connectivity index (χ4n) is 4.08. The summed E-state index contributed by atoms with van der Waals surface area (Å²) in [6, 6.07) is 10.1. The van der Waals surface area contributed by atoms with Crippen LogP contribution in [0.15, 0.2) is 36.5 Å². The summed E-state index contributed by atoms with van der Waals surface area (Å²) in [7, 11) is 0. The summed E-state index contributed by atoms with van der Waals surface area (Å²) in [5.41, 5.74) is 2.38. The van der Waals surface area contributed by atoms with Crippen LogP contribution < -0.4 is 0 Å². The van der Waals surface area contributed by atoms with Crippen molar-refractivity contribution in [3.8, 4) is 0 Å². The first-order chi connectivity index (χ1) is 12.7. The first-order valence-corrected chi connectivity index (χ1v) is 10.0. The van der Waals surface area contributed by atoms with Crippen LogP contribution in [-0.2, 0) is 24.2 Å². The zero-order chi connectivity index (χ0) is 17.9. The fourth-order valence-corrected chi connectivity index (χ4v) is 4.08. The Morgan fingerprint density at radius 3 is 2.73 bits per heavy atom. The molecule has 4 nitrogen and oxygen atoms in total. The molecule has 1 aromatic carbocycles. The van der Waals surface area contributed by atoms with E-state index < -0.39 is 0 Å². The third-order valence-corrected chi connectivity index (χ3v) is 5.82. The van der Waals surface area contributed by atoms with E-state index in [2.05, 4.69) is 21.4 Å². The predicted molar refractivity (Wildman–Crippen MR) is 103 cm³/mol. The Balaban J connectivity index is 1.37. The number of aryl methyl sites for hydroxylation is 1. The van der Waals surface area contributed by atoms with Gasteiger partial charge in [0.15, 0.2) is 0 Å². The number of carbonyl (C=O) groups excluding carboxylic acids is 1. The second-order valence-corrected chi connectivity index (χ2v) is 8.08. The van der Waals surface area contributed by atoms with Gasteiger partial charge in [-0.1, -0.05) is 30.3 Å². The summed E-state index contributed by atoms with van der Waals surface area (Å²) in [5, 5.41) is 0. The molecule has 2 aromatic rings. The van der Waals surface area contributed by atoms with Gasteiger partial charge in [0.25, 0.3) is 0 Å².